The molecule has 0 saturated carbocycles. The minimum Gasteiger partial charge on any atom is -0.387 e. The number of β-amino-alcohol motifs (C(OH)–C–C–N with tert-alkyl or cyclic N) is 1. The quantitative estimate of drug-likeness (QED) is 0.855. The van der Waals surface area contributed by atoms with E-state index in [1.807, 2.05) is 0 Å². The molecule has 0 atom stereocenters. The second-order valence-electron chi connectivity index (χ2n) is 4.34. The number of sulfonamides is 1. The van der Waals surface area contributed by atoms with Crippen molar-refractivity contribution in [3.8, 4) is 0 Å². The number of hydrogen-bond acceptors (Lipinski definition) is 3. The van der Waals surface area contributed by atoms with Crippen molar-refractivity contribution in [3.05, 3.63) is 29.8 Å². The summed E-state index contributed by atoms with van der Waals surface area (Å²) in [4.78, 5) is -0.701. The molecule has 4 nitrogen and oxygen atoms in total. The van der Waals surface area contributed by atoms with Gasteiger partial charge in [0.05, 0.1) is 5.60 Å². The van der Waals surface area contributed by atoms with Crippen LogP contribution in [0.1, 0.15) is 6.92 Å². The topological polar surface area (TPSA) is 57.6 Å². The summed E-state index contributed by atoms with van der Waals surface area (Å²) in [5.74, 6) is -1.82. The first-order valence-corrected chi connectivity index (χ1v) is 6.34. The summed E-state index contributed by atoms with van der Waals surface area (Å²) in [5.41, 5.74) is -1.10. The molecular weight excluding hydrogens is 252 g/mol. The fourth-order valence-corrected chi connectivity index (χ4v) is 3.45. The van der Waals surface area contributed by atoms with E-state index in [0.717, 1.165) is 16.4 Å². The Kier molecular flexibility index (Phi) is 2.72. The maximum absolute atomic E-state index is 13.3. The van der Waals surface area contributed by atoms with Gasteiger partial charge < -0.3 is 5.11 Å². The van der Waals surface area contributed by atoms with Crippen LogP contribution in [0.25, 0.3) is 0 Å². The van der Waals surface area contributed by atoms with Crippen LogP contribution in [0, 0.1) is 11.6 Å². The van der Waals surface area contributed by atoms with Crippen molar-refractivity contribution in [1.29, 1.82) is 0 Å². The first kappa shape index (κ1) is 12.4. The lowest BCUT2D eigenvalue weighted by molar-refractivity contribution is -0.0427. The zero-order chi connectivity index (χ0) is 12.8. The average molecular weight is 263 g/mol. The van der Waals surface area contributed by atoms with Crippen molar-refractivity contribution in [1.82, 2.24) is 4.31 Å². The van der Waals surface area contributed by atoms with Crippen molar-refractivity contribution >= 4 is 10.0 Å². The maximum atomic E-state index is 13.3. The van der Waals surface area contributed by atoms with Crippen LogP contribution in [0.15, 0.2) is 23.1 Å². The Morgan fingerprint density at radius 1 is 1.35 bits per heavy atom. The number of benzene rings is 1. The van der Waals surface area contributed by atoms with Crippen molar-refractivity contribution in [2.45, 2.75) is 17.4 Å². The van der Waals surface area contributed by atoms with Crippen LogP contribution in [0.2, 0.25) is 0 Å². The third-order valence-electron chi connectivity index (χ3n) is 2.55. The predicted octanol–water partition coefficient (Wildman–Crippen LogP) is 0.720. The Morgan fingerprint density at radius 3 is 2.47 bits per heavy atom. The fourth-order valence-electron chi connectivity index (χ4n) is 1.70. The van der Waals surface area contributed by atoms with Crippen molar-refractivity contribution in [3.63, 3.8) is 0 Å². The Morgan fingerprint density at radius 2 is 1.94 bits per heavy atom. The van der Waals surface area contributed by atoms with E-state index in [4.69, 9.17) is 0 Å². The summed E-state index contributed by atoms with van der Waals surface area (Å²) in [6, 6.07) is 2.25. The molecule has 0 bridgehead atoms. The van der Waals surface area contributed by atoms with Gasteiger partial charge in [-0.15, -0.1) is 0 Å². The summed E-state index contributed by atoms with van der Waals surface area (Å²) >= 11 is 0. The van der Waals surface area contributed by atoms with Gasteiger partial charge in [0.1, 0.15) is 16.5 Å². The Labute approximate surface area is 97.5 Å². The smallest absolute Gasteiger partial charge is 0.246 e. The molecule has 0 spiro atoms. The van der Waals surface area contributed by atoms with Crippen LogP contribution < -0.4 is 0 Å². The Hall–Kier alpha value is -1.05. The molecule has 17 heavy (non-hydrogen) atoms. The van der Waals surface area contributed by atoms with Crippen LogP contribution >= 0.6 is 0 Å². The van der Waals surface area contributed by atoms with Crippen molar-refractivity contribution < 1.29 is 22.3 Å². The van der Waals surface area contributed by atoms with E-state index >= 15 is 0 Å². The van der Waals surface area contributed by atoms with Gasteiger partial charge in [-0.1, -0.05) is 0 Å². The normalized spacial score (nSPS) is 20.0. The van der Waals surface area contributed by atoms with Crippen LogP contribution in [0.3, 0.4) is 0 Å². The minimum absolute atomic E-state index is 0.120. The van der Waals surface area contributed by atoms with E-state index in [2.05, 4.69) is 0 Å². The highest BCUT2D eigenvalue weighted by molar-refractivity contribution is 7.89. The maximum Gasteiger partial charge on any atom is 0.246 e. The number of hydrogen-bond donors (Lipinski definition) is 1. The molecule has 1 fully saturated rings. The molecular formula is C10H11F2NO3S. The van der Waals surface area contributed by atoms with Crippen LogP contribution in [0.4, 0.5) is 8.78 Å². The molecule has 1 aromatic carbocycles. The predicted molar refractivity (Wildman–Crippen MR) is 55.7 cm³/mol. The highest BCUT2D eigenvalue weighted by Gasteiger charge is 2.44. The summed E-state index contributed by atoms with van der Waals surface area (Å²) in [6.07, 6.45) is 0. The number of rotatable bonds is 2. The van der Waals surface area contributed by atoms with Crippen molar-refractivity contribution in [2.75, 3.05) is 13.1 Å². The number of nitrogens with zero attached hydrogens (tertiary/aromatic N) is 1. The zero-order valence-electron chi connectivity index (χ0n) is 9.02. The fraction of sp³-hybridized carbons (Fsp3) is 0.400. The first-order chi connectivity index (χ1) is 7.72. The minimum atomic E-state index is -4.07. The van der Waals surface area contributed by atoms with Crippen LogP contribution in [-0.4, -0.2) is 36.5 Å². The lowest BCUT2D eigenvalue weighted by Gasteiger charge is -2.42. The largest absolute Gasteiger partial charge is 0.387 e. The van der Waals surface area contributed by atoms with Gasteiger partial charge in [0.25, 0.3) is 0 Å². The highest BCUT2D eigenvalue weighted by Crippen LogP contribution is 2.29. The van der Waals surface area contributed by atoms with Crippen LogP contribution in [-0.2, 0) is 10.0 Å². The molecule has 1 N–H and O–H groups in total. The third kappa shape index (κ3) is 2.18. The Bertz CT molecular complexity index is 549. The van der Waals surface area contributed by atoms with Gasteiger partial charge in [0, 0.05) is 13.1 Å². The number of aliphatic hydroxyl groups is 1. The van der Waals surface area contributed by atoms with E-state index in [0.29, 0.717) is 6.07 Å². The second kappa shape index (κ2) is 3.72. The van der Waals surface area contributed by atoms with Crippen LogP contribution in [0.5, 0.6) is 0 Å². The van der Waals surface area contributed by atoms with E-state index in [9.17, 15) is 22.3 Å². The average Bonchev–Trinajstić information content (AvgIpc) is 2.18. The summed E-state index contributed by atoms with van der Waals surface area (Å²) < 4.78 is 50.9. The molecule has 1 saturated heterocycles. The van der Waals surface area contributed by atoms with E-state index in [1.165, 1.54) is 6.92 Å². The molecule has 2 rings (SSSR count). The van der Waals surface area contributed by atoms with Gasteiger partial charge >= 0.3 is 0 Å². The van der Waals surface area contributed by atoms with Crippen molar-refractivity contribution in [2.24, 2.45) is 0 Å². The van der Waals surface area contributed by atoms with Gasteiger partial charge in [-0.2, -0.15) is 4.31 Å². The first-order valence-electron chi connectivity index (χ1n) is 4.90. The standard InChI is InChI=1S/C10H11F2NO3S/c1-10(14)5-13(6-10)17(15,16)9-4-7(11)2-3-8(9)12/h2-4,14H,5-6H2,1H3. The summed E-state index contributed by atoms with van der Waals surface area (Å²) in [6.45, 7) is 1.23. The third-order valence-corrected chi connectivity index (χ3v) is 4.35. The van der Waals surface area contributed by atoms with E-state index < -0.39 is 32.2 Å². The molecule has 94 valence electrons. The van der Waals surface area contributed by atoms with Gasteiger partial charge in [-0.25, -0.2) is 17.2 Å². The number of halogens is 2. The SMILES string of the molecule is CC1(O)CN(S(=O)(=O)c2cc(F)ccc2F)C1. The second-order valence-corrected chi connectivity index (χ2v) is 6.25. The monoisotopic (exact) mass is 263 g/mol. The zero-order valence-corrected chi connectivity index (χ0v) is 9.84. The van der Waals surface area contributed by atoms with E-state index in [1.54, 1.807) is 0 Å². The molecule has 0 amide bonds. The molecule has 7 heteroatoms. The lowest BCUT2D eigenvalue weighted by atomic mass is 10.0. The molecule has 1 aliphatic heterocycles. The molecule has 0 unspecified atom stereocenters. The Balaban J connectivity index is 2.36. The van der Waals surface area contributed by atoms with Gasteiger partial charge in [-0.3, -0.25) is 0 Å². The summed E-state index contributed by atoms with van der Waals surface area (Å²) in [7, 11) is -4.07. The molecule has 0 radical (unpaired) electrons. The highest BCUT2D eigenvalue weighted by atomic mass is 32.2. The molecule has 0 aliphatic carbocycles. The molecule has 1 aromatic rings. The van der Waals surface area contributed by atoms with Gasteiger partial charge in [0.2, 0.25) is 10.0 Å². The molecule has 1 aliphatic rings. The van der Waals surface area contributed by atoms with Gasteiger partial charge in [-0.05, 0) is 25.1 Å². The van der Waals surface area contributed by atoms with E-state index in [-0.39, 0.29) is 13.1 Å². The molecule has 0 aromatic heterocycles. The van der Waals surface area contributed by atoms with Gasteiger partial charge in [0.15, 0.2) is 0 Å². The molecule has 1 heterocycles. The summed E-state index contributed by atoms with van der Waals surface area (Å²) in [5, 5.41) is 9.44. The lowest BCUT2D eigenvalue weighted by Crippen LogP contribution is -2.61.